The molecule has 0 amide bonds. The lowest BCUT2D eigenvalue weighted by Gasteiger charge is -2.22. The van der Waals surface area contributed by atoms with E-state index in [9.17, 15) is 4.79 Å². The maximum atomic E-state index is 10.9. The van der Waals surface area contributed by atoms with Crippen molar-refractivity contribution < 1.29 is 9.53 Å². The first-order valence-corrected chi connectivity index (χ1v) is 6.75. The number of carbonyl (C=O) groups is 1. The molecular formula is C11H21NO2S. The van der Waals surface area contributed by atoms with Crippen LogP contribution in [0, 0.1) is 5.92 Å². The van der Waals surface area contributed by atoms with Crippen molar-refractivity contribution in [1.29, 1.82) is 0 Å². The van der Waals surface area contributed by atoms with Crippen molar-refractivity contribution in [2.24, 2.45) is 5.92 Å². The fraction of sp³-hybridized carbons (Fsp3) is 0.909. The number of methoxy groups -OCH3 is 1. The number of esters is 1. The monoisotopic (exact) mass is 231 g/mol. The van der Waals surface area contributed by atoms with Gasteiger partial charge < -0.3 is 10.1 Å². The summed E-state index contributed by atoms with van der Waals surface area (Å²) in [4.78, 5) is 10.9. The molecule has 1 aliphatic carbocycles. The maximum absolute atomic E-state index is 10.9. The van der Waals surface area contributed by atoms with E-state index in [0.717, 1.165) is 11.7 Å². The van der Waals surface area contributed by atoms with Gasteiger partial charge in [0.15, 0.2) is 0 Å². The van der Waals surface area contributed by atoms with E-state index in [2.05, 4.69) is 10.1 Å². The van der Waals surface area contributed by atoms with Crippen LogP contribution in [-0.4, -0.2) is 37.7 Å². The van der Waals surface area contributed by atoms with E-state index in [1.165, 1.54) is 32.8 Å². The van der Waals surface area contributed by atoms with E-state index in [1.807, 2.05) is 7.05 Å². The Morgan fingerprint density at radius 1 is 1.53 bits per heavy atom. The van der Waals surface area contributed by atoms with Gasteiger partial charge in [-0.25, -0.2) is 0 Å². The largest absolute Gasteiger partial charge is 0.468 e. The van der Waals surface area contributed by atoms with Gasteiger partial charge in [0.2, 0.25) is 0 Å². The van der Waals surface area contributed by atoms with Crippen LogP contribution in [0.25, 0.3) is 0 Å². The molecule has 0 heterocycles. The van der Waals surface area contributed by atoms with Crippen LogP contribution in [-0.2, 0) is 9.53 Å². The molecule has 0 aromatic carbocycles. The first kappa shape index (κ1) is 12.8. The van der Waals surface area contributed by atoms with Gasteiger partial charge in [-0.1, -0.05) is 12.8 Å². The Balaban J connectivity index is 2.18. The topological polar surface area (TPSA) is 38.3 Å². The molecule has 3 nitrogen and oxygen atoms in total. The first-order chi connectivity index (χ1) is 7.27. The van der Waals surface area contributed by atoms with Gasteiger partial charge in [-0.3, -0.25) is 4.79 Å². The van der Waals surface area contributed by atoms with Crippen molar-refractivity contribution in [2.45, 2.75) is 31.7 Å². The minimum atomic E-state index is -0.124. The van der Waals surface area contributed by atoms with Gasteiger partial charge in [-0.15, -0.1) is 11.8 Å². The molecule has 0 aliphatic heterocycles. The summed E-state index contributed by atoms with van der Waals surface area (Å²) >= 11 is 1.67. The number of hydrogen-bond donors (Lipinski definition) is 1. The van der Waals surface area contributed by atoms with Crippen molar-refractivity contribution in [3.05, 3.63) is 0 Å². The third-order valence-corrected chi connectivity index (χ3v) is 4.12. The Morgan fingerprint density at radius 2 is 2.20 bits per heavy atom. The second kappa shape index (κ2) is 7.12. The molecule has 1 rings (SSSR count). The summed E-state index contributed by atoms with van der Waals surface area (Å²) in [5.41, 5.74) is 0. The highest BCUT2D eigenvalue weighted by molar-refractivity contribution is 7.99. The SMILES string of the molecule is CNC(CSCC(=O)OC)C1CCCC1. The van der Waals surface area contributed by atoms with Crippen molar-refractivity contribution in [3.63, 3.8) is 0 Å². The molecule has 0 aromatic heterocycles. The fourth-order valence-corrected chi connectivity index (χ4v) is 3.24. The third-order valence-electron chi connectivity index (χ3n) is 3.08. The second-order valence-electron chi connectivity index (χ2n) is 4.03. The van der Waals surface area contributed by atoms with Crippen LogP contribution in [0.4, 0.5) is 0 Å². The Labute approximate surface area is 96.3 Å². The summed E-state index contributed by atoms with van der Waals surface area (Å²) in [6.45, 7) is 0. The predicted octanol–water partition coefficient (Wildman–Crippen LogP) is 1.67. The van der Waals surface area contributed by atoms with Crippen LogP contribution in [0.15, 0.2) is 0 Å². The molecule has 1 atom stereocenters. The van der Waals surface area contributed by atoms with E-state index >= 15 is 0 Å². The molecule has 15 heavy (non-hydrogen) atoms. The van der Waals surface area contributed by atoms with Crippen molar-refractivity contribution in [2.75, 3.05) is 25.7 Å². The van der Waals surface area contributed by atoms with E-state index in [-0.39, 0.29) is 5.97 Å². The lowest BCUT2D eigenvalue weighted by molar-refractivity contribution is -0.137. The first-order valence-electron chi connectivity index (χ1n) is 5.59. The van der Waals surface area contributed by atoms with Crippen LogP contribution in [0.2, 0.25) is 0 Å². The number of carbonyl (C=O) groups excluding carboxylic acids is 1. The normalized spacial score (nSPS) is 19.1. The van der Waals surface area contributed by atoms with Gasteiger partial charge >= 0.3 is 5.97 Å². The summed E-state index contributed by atoms with van der Waals surface area (Å²) in [5.74, 6) is 2.17. The number of hydrogen-bond acceptors (Lipinski definition) is 4. The molecule has 0 radical (unpaired) electrons. The molecule has 1 fully saturated rings. The third kappa shape index (κ3) is 4.43. The average Bonchev–Trinajstić information content (AvgIpc) is 2.77. The van der Waals surface area contributed by atoms with Gasteiger partial charge in [0.05, 0.1) is 12.9 Å². The molecule has 4 heteroatoms. The highest BCUT2D eigenvalue weighted by Gasteiger charge is 2.23. The predicted molar refractivity (Wildman–Crippen MR) is 64.1 cm³/mol. The summed E-state index contributed by atoms with van der Waals surface area (Å²) in [6.07, 6.45) is 5.41. The number of rotatable bonds is 6. The highest BCUT2D eigenvalue weighted by atomic mass is 32.2. The molecule has 0 saturated heterocycles. The van der Waals surface area contributed by atoms with Crippen LogP contribution >= 0.6 is 11.8 Å². The quantitative estimate of drug-likeness (QED) is 0.706. The zero-order valence-corrected chi connectivity index (χ0v) is 10.4. The molecule has 0 aromatic rings. The van der Waals surface area contributed by atoms with Gasteiger partial charge in [-0.05, 0) is 25.8 Å². The molecule has 0 spiro atoms. The van der Waals surface area contributed by atoms with Gasteiger partial charge in [0, 0.05) is 11.8 Å². The lowest BCUT2D eigenvalue weighted by Crippen LogP contribution is -2.34. The standard InChI is InChI=1S/C11H21NO2S/c1-12-10(9-5-3-4-6-9)7-15-8-11(13)14-2/h9-10,12H,3-8H2,1-2H3. The van der Waals surface area contributed by atoms with Crippen molar-refractivity contribution in [1.82, 2.24) is 5.32 Å². The van der Waals surface area contributed by atoms with Crippen LogP contribution in [0.5, 0.6) is 0 Å². The van der Waals surface area contributed by atoms with E-state index < -0.39 is 0 Å². The van der Waals surface area contributed by atoms with Crippen LogP contribution < -0.4 is 5.32 Å². The summed E-state index contributed by atoms with van der Waals surface area (Å²) in [7, 11) is 3.46. The molecule has 1 unspecified atom stereocenters. The Kier molecular flexibility index (Phi) is 6.10. The Hall–Kier alpha value is -0.220. The smallest absolute Gasteiger partial charge is 0.315 e. The second-order valence-corrected chi connectivity index (χ2v) is 5.06. The zero-order chi connectivity index (χ0) is 11.1. The number of ether oxygens (including phenoxy) is 1. The molecule has 1 N–H and O–H groups in total. The molecule has 88 valence electrons. The van der Waals surface area contributed by atoms with Gasteiger partial charge in [-0.2, -0.15) is 0 Å². The maximum Gasteiger partial charge on any atom is 0.315 e. The summed E-state index contributed by atoms with van der Waals surface area (Å²) < 4.78 is 4.61. The Morgan fingerprint density at radius 3 is 2.73 bits per heavy atom. The average molecular weight is 231 g/mol. The van der Waals surface area contributed by atoms with Gasteiger partial charge in [0.25, 0.3) is 0 Å². The van der Waals surface area contributed by atoms with Crippen LogP contribution in [0.3, 0.4) is 0 Å². The summed E-state index contributed by atoms with van der Waals surface area (Å²) in [5, 5.41) is 3.36. The molecule has 0 bridgehead atoms. The lowest BCUT2D eigenvalue weighted by atomic mass is 10.0. The summed E-state index contributed by atoms with van der Waals surface area (Å²) in [6, 6.07) is 0.558. The highest BCUT2D eigenvalue weighted by Crippen LogP contribution is 2.28. The molecule has 1 saturated carbocycles. The fourth-order valence-electron chi connectivity index (χ4n) is 2.14. The Bertz CT molecular complexity index is 193. The van der Waals surface area contributed by atoms with E-state index in [4.69, 9.17) is 0 Å². The number of thioether (sulfide) groups is 1. The van der Waals surface area contributed by atoms with Crippen LogP contribution in [0.1, 0.15) is 25.7 Å². The van der Waals surface area contributed by atoms with Crippen molar-refractivity contribution in [3.8, 4) is 0 Å². The van der Waals surface area contributed by atoms with Gasteiger partial charge in [0.1, 0.15) is 0 Å². The van der Waals surface area contributed by atoms with E-state index in [0.29, 0.717) is 11.8 Å². The number of nitrogens with one attached hydrogen (secondary N) is 1. The molecule has 1 aliphatic rings. The minimum absolute atomic E-state index is 0.124. The minimum Gasteiger partial charge on any atom is -0.468 e. The van der Waals surface area contributed by atoms with E-state index in [1.54, 1.807) is 11.8 Å². The van der Waals surface area contributed by atoms with Crippen molar-refractivity contribution >= 4 is 17.7 Å². The molecular weight excluding hydrogens is 210 g/mol. The zero-order valence-electron chi connectivity index (χ0n) is 9.62.